The summed E-state index contributed by atoms with van der Waals surface area (Å²) in [6.45, 7) is 8.99. The van der Waals surface area contributed by atoms with E-state index in [0.717, 1.165) is 25.7 Å². The Labute approximate surface area is 167 Å². The summed E-state index contributed by atoms with van der Waals surface area (Å²) in [6, 6.07) is 0.220. The fourth-order valence-corrected chi connectivity index (χ4v) is 2.49. The maximum atomic E-state index is 13.2. The molecule has 1 atom stereocenters. The van der Waals surface area contributed by atoms with Gasteiger partial charge in [-0.3, -0.25) is 0 Å². The van der Waals surface area contributed by atoms with E-state index in [2.05, 4.69) is 17.1 Å². The first-order chi connectivity index (χ1) is 13.2. The van der Waals surface area contributed by atoms with Crippen molar-refractivity contribution in [1.29, 1.82) is 5.53 Å². The second kappa shape index (κ2) is 11.8. The Morgan fingerprint density at radius 3 is 2.64 bits per heavy atom. The Morgan fingerprint density at radius 1 is 1.46 bits per heavy atom. The number of alkyl carbamates (subject to hydrolysis) is 1. The summed E-state index contributed by atoms with van der Waals surface area (Å²) >= 11 is 0. The minimum Gasteiger partial charge on any atom is -0.444 e. The molecule has 28 heavy (non-hydrogen) atoms. The van der Waals surface area contributed by atoms with Crippen LogP contribution in [0.25, 0.3) is 0 Å². The molecule has 1 amide bonds. The van der Waals surface area contributed by atoms with Gasteiger partial charge in [0, 0.05) is 19.2 Å². The quantitative estimate of drug-likeness (QED) is 0.158. The SMILES string of the molecule is C=CCCCC(OC/C(=C/F)CNC(=O)OC(C)(C)C)N(C)N(N=N)C1CC1. The molecule has 0 spiro atoms. The van der Waals surface area contributed by atoms with Gasteiger partial charge in [-0.15, -0.1) is 6.58 Å². The summed E-state index contributed by atoms with van der Waals surface area (Å²) in [6.07, 6.45) is 5.63. The molecule has 1 aliphatic carbocycles. The summed E-state index contributed by atoms with van der Waals surface area (Å²) in [5, 5.41) is 9.50. The molecule has 0 bridgehead atoms. The van der Waals surface area contributed by atoms with Crippen LogP contribution in [0.15, 0.2) is 29.8 Å². The van der Waals surface area contributed by atoms with Gasteiger partial charge in [0.05, 0.1) is 19.0 Å². The summed E-state index contributed by atoms with van der Waals surface area (Å²) < 4.78 is 24.3. The van der Waals surface area contributed by atoms with E-state index in [-0.39, 0.29) is 31.0 Å². The van der Waals surface area contributed by atoms with E-state index >= 15 is 0 Å². The lowest BCUT2D eigenvalue weighted by Crippen LogP contribution is -2.46. The van der Waals surface area contributed by atoms with Crippen molar-refractivity contribution in [2.24, 2.45) is 5.22 Å². The van der Waals surface area contributed by atoms with Crippen molar-refractivity contribution in [2.75, 3.05) is 20.2 Å². The number of halogens is 1. The van der Waals surface area contributed by atoms with Crippen LogP contribution >= 0.6 is 0 Å². The Kier molecular flexibility index (Phi) is 10.1. The summed E-state index contributed by atoms with van der Waals surface area (Å²) in [5.41, 5.74) is 7.08. The highest BCUT2D eigenvalue weighted by Gasteiger charge is 2.34. The van der Waals surface area contributed by atoms with Gasteiger partial charge in [0.15, 0.2) is 0 Å². The number of hydrazine groups is 1. The third kappa shape index (κ3) is 9.27. The zero-order chi connectivity index (χ0) is 21.2. The molecule has 9 heteroatoms. The van der Waals surface area contributed by atoms with E-state index in [9.17, 15) is 9.18 Å². The van der Waals surface area contributed by atoms with Crippen molar-refractivity contribution in [3.8, 4) is 0 Å². The van der Waals surface area contributed by atoms with Gasteiger partial charge in [-0.2, -0.15) is 10.5 Å². The van der Waals surface area contributed by atoms with Gasteiger partial charge in [-0.25, -0.2) is 14.3 Å². The maximum absolute atomic E-state index is 13.2. The maximum Gasteiger partial charge on any atom is 0.407 e. The Hall–Kier alpha value is -2.00. The highest BCUT2D eigenvalue weighted by molar-refractivity contribution is 5.68. The lowest BCUT2D eigenvalue weighted by atomic mass is 10.2. The van der Waals surface area contributed by atoms with Crippen molar-refractivity contribution in [1.82, 2.24) is 15.4 Å². The van der Waals surface area contributed by atoms with Gasteiger partial charge >= 0.3 is 6.09 Å². The number of allylic oxidation sites excluding steroid dienone is 1. The molecule has 1 rings (SSSR count). The topological polar surface area (TPSA) is 90.2 Å². The lowest BCUT2D eigenvalue weighted by Gasteiger charge is -2.34. The molecule has 0 saturated heterocycles. The normalized spacial score (nSPS) is 15.9. The summed E-state index contributed by atoms with van der Waals surface area (Å²) in [5.74, 6) is 0. The summed E-state index contributed by atoms with van der Waals surface area (Å²) in [7, 11) is 1.81. The number of nitrogens with zero attached hydrogens (tertiary/aromatic N) is 3. The van der Waals surface area contributed by atoms with Crippen LogP contribution in [0, 0.1) is 5.53 Å². The van der Waals surface area contributed by atoms with E-state index < -0.39 is 11.7 Å². The zero-order valence-electron chi connectivity index (χ0n) is 17.4. The number of amides is 1. The van der Waals surface area contributed by atoms with Crippen LogP contribution in [0.3, 0.4) is 0 Å². The molecule has 0 aromatic heterocycles. The molecule has 1 unspecified atom stereocenters. The van der Waals surface area contributed by atoms with Gasteiger partial charge in [-0.1, -0.05) is 11.3 Å². The lowest BCUT2D eigenvalue weighted by molar-refractivity contribution is -0.160. The first-order valence-electron chi connectivity index (χ1n) is 9.58. The van der Waals surface area contributed by atoms with E-state index in [1.807, 2.05) is 13.1 Å². The van der Waals surface area contributed by atoms with Crippen LogP contribution in [-0.2, 0) is 9.47 Å². The average Bonchev–Trinajstić information content (AvgIpc) is 3.44. The van der Waals surface area contributed by atoms with Crippen molar-refractivity contribution < 1.29 is 18.7 Å². The number of hydrogen-bond donors (Lipinski definition) is 2. The van der Waals surface area contributed by atoms with Crippen LogP contribution in [0.5, 0.6) is 0 Å². The highest BCUT2D eigenvalue weighted by atomic mass is 19.1. The van der Waals surface area contributed by atoms with E-state index in [0.29, 0.717) is 12.8 Å². The fourth-order valence-electron chi connectivity index (χ4n) is 2.49. The van der Waals surface area contributed by atoms with E-state index in [1.165, 1.54) is 0 Å². The number of hydrogen-bond acceptors (Lipinski definition) is 6. The average molecular weight is 400 g/mol. The molecule has 0 aromatic carbocycles. The van der Waals surface area contributed by atoms with Crippen molar-refractivity contribution in [3.63, 3.8) is 0 Å². The molecule has 2 N–H and O–H groups in total. The molecule has 0 aliphatic heterocycles. The van der Waals surface area contributed by atoms with Gasteiger partial charge in [-0.05, 0) is 52.9 Å². The zero-order valence-corrected chi connectivity index (χ0v) is 17.4. The molecule has 1 aliphatic rings. The number of carbonyl (C=O) groups excluding carboxylic acids is 1. The largest absolute Gasteiger partial charge is 0.444 e. The van der Waals surface area contributed by atoms with Crippen LogP contribution in [0.4, 0.5) is 9.18 Å². The van der Waals surface area contributed by atoms with Crippen molar-refractivity contribution in [3.05, 3.63) is 24.6 Å². The second-order valence-electron chi connectivity index (χ2n) is 7.83. The first kappa shape index (κ1) is 24.0. The first-order valence-corrected chi connectivity index (χ1v) is 9.58. The molecule has 0 aromatic rings. The monoisotopic (exact) mass is 399 g/mol. The molecule has 0 radical (unpaired) electrons. The van der Waals surface area contributed by atoms with Gasteiger partial charge in [0.25, 0.3) is 0 Å². The predicted molar refractivity (Wildman–Crippen MR) is 105 cm³/mol. The minimum absolute atomic E-state index is 0.00585. The van der Waals surface area contributed by atoms with Gasteiger partial charge in [0.2, 0.25) is 0 Å². The van der Waals surface area contributed by atoms with E-state index in [1.54, 1.807) is 30.9 Å². The van der Waals surface area contributed by atoms with Crippen molar-refractivity contribution in [2.45, 2.75) is 70.7 Å². The standard InChI is InChI=1S/C19H34FN5O3/c1-6-7-8-9-17(24(5)25(23-21)16-10-11-16)27-14-15(12-20)13-22-18(26)28-19(2,3)4/h6,12,16-17,21H,1,7-11,13-14H2,2-5H3,(H,22,26)/b15-12+,23-21?. The molecule has 1 saturated carbocycles. The van der Waals surface area contributed by atoms with E-state index in [4.69, 9.17) is 15.0 Å². The number of carbonyl (C=O) groups is 1. The third-order valence-electron chi connectivity index (χ3n) is 4.05. The van der Waals surface area contributed by atoms with Gasteiger partial charge in [0.1, 0.15) is 11.8 Å². The molecular formula is C19H34FN5O3. The summed E-state index contributed by atoms with van der Waals surface area (Å²) in [4.78, 5) is 11.7. The molecule has 1 fully saturated rings. The molecule has 8 nitrogen and oxygen atoms in total. The molecule has 160 valence electrons. The number of ether oxygens (including phenoxy) is 2. The van der Waals surface area contributed by atoms with Crippen molar-refractivity contribution >= 4 is 6.09 Å². The Balaban J connectivity index is 2.59. The van der Waals surface area contributed by atoms with Crippen LogP contribution < -0.4 is 5.32 Å². The predicted octanol–water partition coefficient (Wildman–Crippen LogP) is 4.32. The Morgan fingerprint density at radius 2 is 2.14 bits per heavy atom. The molecular weight excluding hydrogens is 365 g/mol. The number of unbranched alkanes of at least 4 members (excludes halogenated alkanes) is 1. The Bertz CT molecular complexity index is 546. The second-order valence-corrected chi connectivity index (χ2v) is 7.83. The van der Waals surface area contributed by atoms with Crippen LogP contribution in [-0.4, -0.2) is 54.3 Å². The number of nitrogens with one attached hydrogen (secondary N) is 2. The minimum atomic E-state index is -0.620. The van der Waals surface area contributed by atoms with Gasteiger partial charge < -0.3 is 14.8 Å². The fraction of sp³-hybridized carbons (Fsp3) is 0.737. The number of rotatable bonds is 13. The third-order valence-corrected chi connectivity index (χ3v) is 4.05. The van der Waals surface area contributed by atoms with Crippen LogP contribution in [0.1, 0.15) is 52.9 Å². The van der Waals surface area contributed by atoms with Crippen LogP contribution in [0.2, 0.25) is 0 Å². The molecule has 0 heterocycles. The highest BCUT2D eigenvalue weighted by Crippen LogP contribution is 2.29. The smallest absolute Gasteiger partial charge is 0.407 e.